The Bertz CT molecular complexity index is 557. The van der Waals surface area contributed by atoms with Gasteiger partial charge in [0, 0.05) is 19.7 Å². The highest BCUT2D eigenvalue weighted by Gasteiger charge is 2.39. The van der Waals surface area contributed by atoms with Gasteiger partial charge >= 0.3 is 6.03 Å². The van der Waals surface area contributed by atoms with E-state index < -0.39 is 0 Å². The molecule has 1 aromatic carbocycles. The van der Waals surface area contributed by atoms with E-state index in [4.69, 9.17) is 9.47 Å². The smallest absolute Gasteiger partial charge is 0.317 e. The van der Waals surface area contributed by atoms with Crippen molar-refractivity contribution in [3.05, 3.63) is 29.8 Å². The number of hydrogen-bond acceptors (Lipinski definition) is 3. The van der Waals surface area contributed by atoms with Gasteiger partial charge in [0.1, 0.15) is 5.75 Å². The minimum Gasteiger partial charge on any atom is -0.494 e. The second-order valence-electron chi connectivity index (χ2n) is 7.03. The lowest BCUT2D eigenvalue weighted by Crippen LogP contribution is -2.50. The second kappa shape index (κ2) is 8.09. The van der Waals surface area contributed by atoms with Crippen molar-refractivity contribution in [1.29, 1.82) is 0 Å². The standard InChI is InChI=1S/C20H30N2O3/c1-3-18(16-6-8-17(9-7-16)24-4-2)21-19(23)22-13-11-20(12-14-22)10-5-15-25-20/h6-9,18H,3-5,10-15H2,1-2H3,(H,21,23). The second-order valence-corrected chi connectivity index (χ2v) is 7.03. The fourth-order valence-electron chi connectivity index (χ4n) is 3.89. The molecule has 3 rings (SSSR count). The zero-order chi connectivity index (χ0) is 17.7. The first-order valence-electron chi connectivity index (χ1n) is 9.58. The quantitative estimate of drug-likeness (QED) is 0.880. The van der Waals surface area contributed by atoms with Gasteiger partial charge in [-0.25, -0.2) is 4.79 Å². The van der Waals surface area contributed by atoms with Crippen LogP contribution in [-0.2, 0) is 4.74 Å². The third kappa shape index (κ3) is 4.27. The summed E-state index contributed by atoms with van der Waals surface area (Å²) in [6, 6.07) is 8.08. The summed E-state index contributed by atoms with van der Waals surface area (Å²) in [5.74, 6) is 0.866. The summed E-state index contributed by atoms with van der Waals surface area (Å²) in [6.45, 7) is 7.17. The summed E-state index contributed by atoms with van der Waals surface area (Å²) >= 11 is 0. The van der Waals surface area contributed by atoms with Gasteiger partial charge in [0.25, 0.3) is 0 Å². The molecule has 1 unspecified atom stereocenters. The van der Waals surface area contributed by atoms with Crippen LogP contribution in [0.2, 0.25) is 0 Å². The number of likely N-dealkylation sites (tertiary alicyclic amines) is 1. The van der Waals surface area contributed by atoms with Crippen LogP contribution in [0.5, 0.6) is 5.75 Å². The van der Waals surface area contributed by atoms with Crippen molar-refractivity contribution in [3.63, 3.8) is 0 Å². The van der Waals surface area contributed by atoms with Crippen molar-refractivity contribution < 1.29 is 14.3 Å². The lowest BCUT2D eigenvalue weighted by atomic mass is 9.89. The summed E-state index contributed by atoms with van der Waals surface area (Å²) in [4.78, 5) is 14.6. The minimum absolute atomic E-state index is 0.0294. The number of nitrogens with one attached hydrogen (secondary N) is 1. The Kier molecular flexibility index (Phi) is 5.84. The van der Waals surface area contributed by atoms with Crippen LogP contribution in [0, 0.1) is 0 Å². The maximum Gasteiger partial charge on any atom is 0.317 e. The monoisotopic (exact) mass is 346 g/mol. The predicted molar refractivity (Wildman–Crippen MR) is 97.9 cm³/mol. The largest absolute Gasteiger partial charge is 0.494 e. The summed E-state index contributed by atoms with van der Waals surface area (Å²) in [5.41, 5.74) is 1.17. The molecule has 1 atom stereocenters. The molecule has 0 aromatic heterocycles. The van der Waals surface area contributed by atoms with Crippen LogP contribution >= 0.6 is 0 Å². The zero-order valence-electron chi connectivity index (χ0n) is 15.4. The first kappa shape index (κ1) is 18.1. The molecule has 0 radical (unpaired) electrons. The molecule has 2 aliphatic rings. The molecule has 138 valence electrons. The highest BCUT2D eigenvalue weighted by atomic mass is 16.5. The van der Waals surface area contributed by atoms with Crippen LogP contribution in [0.15, 0.2) is 24.3 Å². The van der Waals surface area contributed by atoms with E-state index in [1.54, 1.807) is 0 Å². The fraction of sp³-hybridized carbons (Fsp3) is 0.650. The van der Waals surface area contributed by atoms with E-state index >= 15 is 0 Å². The molecular weight excluding hydrogens is 316 g/mol. The summed E-state index contributed by atoms with van der Waals surface area (Å²) in [5, 5.41) is 3.19. The molecule has 1 spiro atoms. The Morgan fingerprint density at radius 1 is 1.24 bits per heavy atom. The highest BCUT2D eigenvalue weighted by Crippen LogP contribution is 2.35. The summed E-state index contributed by atoms with van der Waals surface area (Å²) in [6.07, 6.45) is 5.08. The van der Waals surface area contributed by atoms with Gasteiger partial charge in [0.05, 0.1) is 18.2 Å². The van der Waals surface area contributed by atoms with Crippen LogP contribution < -0.4 is 10.1 Å². The van der Waals surface area contributed by atoms with E-state index in [0.29, 0.717) is 6.61 Å². The molecule has 1 aromatic rings. The topological polar surface area (TPSA) is 50.8 Å². The van der Waals surface area contributed by atoms with Gasteiger partial charge in [-0.05, 0) is 56.7 Å². The molecule has 2 amide bonds. The average Bonchev–Trinajstić information content (AvgIpc) is 3.09. The van der Waals surface area contributed by atoms with E-state index in [2.05, 4.69) is 12.2 Å². The third-order valence-corrected chi connectivity index (χ3v) is 5.45. The lowest BCUT2D eigenvalue weighted by molar-refractivity contribution is -0.0362. The minimum atomic E-state index is 0.0294. The Morgan fingerprint density at radius 3 is 2.52 bits per heavy atom. The molecule has 0 saturated carbocycles. The molecule has 5 nitrogen and oxygen atoms in total. The number of carbonyl (C=O) groups excluding carboxylic acids is 1. The van der Waals surface area contributed by atoms with Gasteiger partial charge in [-0.2, -0.15) is 0 Å². The molecule has 5 heteroatoms. The molecule has 25 heavy (non-hydrogen) atoms. The SMILES string of the molecule is CCOc1ccc(C(CC)NC(=O)N2CCC3(CCCO3)CC2)cc1. The van der Waals surface area contributed by atoms with Gasteiger partial charge in [-0.1, -0.05) is 19.1 Å². The molecule has 2 aliphatic heterocycles. The molecule has 0 bridgehead atoms. The molecular formula is C20H30N2O3. The first-order valence-corrected chi connectivity index (χ1v) is 9.58. The maximum atomic E-state index is 12.7. The molecule has 2 heterocycles. The Morgan fingerprint density at radius 2 is 1.96 bits per heavy atom. The Balaban J connectivity index is 1.55. The number of amides is 2. The van der Waals surface area contributed by atoms with Gasteiger partial charge in [-0.3, -0.25) is 0 Å². The number of piperidine rings is 1. The van der Waals surface area contributed by atoms with Crippen LogP contribution in [-0.4, -0.2) is 42.8 Å². The third-order valence-electron chi connectivity index (χ3n) is 5.45. The summed E-state index contributed by atoms with van der Waals surface area (Å²) in [7, 11) is 0. The number of rotatable bonds is 5. The average molecular weight is 346 g/mol. The number of urea groups is 1. The number of ether oxygens (including phenoxy) is 2. The van der Waals surface area contributed by atoms with E-state index in [0.717, 1.165) is 63.1 Å². The number of hydrogen-bond donors (Lipinski definition) is 1. The van der Waals surface area contributed by atoms with E-state index in [1.165, 1.54) is 0 Å². The maximum absolute atomic E-state index is 12.7. The Labute approximate surface area is 150 Å². The van der Waals surface area contributed by atoms with Crippen molar-refractivity contribution in [2.75, 3.05) is 26.3 Å². The van der Waals surface area contributed by atoms with Gasteiger partial charge in [-0.15, -0.1) is 0 Å². The molecule has 0 aliphatic carbocycles. The van der Waals surface area contributed by atoms with Crippen molar-refractivity contribution >= 4 is 6.03 Å². The van der Waals surface area contributed by atoms with Gasteiger partial charge in [0.2, 0.25) is 0 Å². The number of benzene rings is 1. The lowest BCUT2D eigenvalue weighted by Gasteiger charge is -2.39. The van der Waals surface area contributed by atoms with Crippen molar-refractivity contribution in [2.24, 2.45) is 0 Å². The van der Waals surface area contributed by atoms with Crippen LogP contribution in [0.3, 0.4) is 0 Å². The molecule has 2 fully saturated rings. The van der Waals surface area contributed by atoms with Crippen molar-refractivity contribution in [1.82, 2.24) is 10.2 Å². The highest BCUT2D eigenvalue weighted by molar-refractivity contribution is 5.75. The van der Waals surface area contributed by atoms with E-state index in [-0.39, 0.29) is 17.7 Å². The zero-order valence-corrected chi connectivity index (χ0v) is 15.4. The van der Waals surface area contributed by atoms with E-state index in [9.17, 15) is 4.79 Å². The molecule has 1 N–H and O–H groups in total. The van der Waals surface area contributed by atoms with Crippen molar-refractivity contribution in [3.8, 4) is 5.75 Å². The van der Waals surface area contributed by atoms with Crippen molar-refractivity contribution in [2.45, 2.75) is 57.6 Å². The number of nitrogens with zero attached hydrogens (tertiary/aromatic N) is 1. The van der Waals surface area contributed by atoms with Gasteiger partial charge < -0.3 is 19.7 Å². The van der Waals surface area contributed by atoms with Gasteiger partial charge in [0.15, 0.2) is 0 Å². The Hall–Kier alpha value is -1.75. The van der Waals surface area contributed by atoms with Crippen LogP contribution in [0.25, 0.3) is 0 Å². The first-order chi connectivity index (χ1) is 12.2. The number of carbonyl (C=O) groups is 1. The van der Waals surface area contributed by atoms with Crippen LogP contribution in [0.4, 0.5) is 4.79 Å². The summed E-state index contributed by atoms with van der Waals surface area (Å²) < 4.78 is 11.4. The molecule has 2 saturated heterocycles. The van der Waals surface area contributed by atoms with Crippen LogP contribution in [0.1, 0.15) is 57.6 Å². The fourth-order valence-corrected chi connectivity index (χ4v) is 3.89. The normalized spacial score (nSPS) is 20.5. The predicted octanol–water partition coefficient (Wildman–Crippen LogP) is 3.89. The van der Waals surface area contributed by atoms with E-state index in [1.807, 2.05) is 36.1 Å².